The first-order valence-corrected chi connectivity index (χ1v) is 9.67. The lowest BCUT2D eigenvalue weighted by atomic mass is 10.0. The Bertz CT molecular complexity index is 961. The quantitative estimate of drug-likeness (QED) is 0.714. The average Bonchev–Trinajstić information content (AvgIpc) is 3.16. The second-order valence-corrected chi connectivity index (χ2v) is 7.16. The Morgan fingerprint density at radius 2 is 2.29 bits per heavy atom. The minimum atomic E-state index is 0.00326. The second-order valence-electron chi connectivity index (χ2n) is 7.16. The highest BCUT2D eigenvalue weighted by Gasteiger charge is 2.16. The molecule has 0 unspecified atom stereocenters. The van der Waals surface area contributed by atoms with Crippen molar-refractivity contribution in [2.24, 2.45) is 5.92 Å². The van der Waals surface area contributed by atoms with Crippen molar-refractivity contribution >= 4 is 16.8 Å². The van der Waals surface area contributed by atoms with Crippen molar-refractivity contribution in [3.63, 3.8) is 0 Å². The molecule has 6 nitrogen and oxygen atoms in total. The Hall–Kier alpha value is -2.86. The van der Waals surface area contributed by atoms with Gasteiger partial charge in [0.05, 0.1) is 24.9 Å². The van der Waals surface area contributed by atoms with E-state index >= 15 is 0 Å². The van der Waals surface area contributed by atoms with Crippen LogP contribution in [0.1, 0.15) is 12.8 Å². The SMILES string of the molecule is COc1cccc(-c2nccc3ccn(CC(=O)NC[C@H]4CCCOC4)c23)c1. The molecule has 1 N–H and O–H groups in total. The Morgan fingerprint density at radius 1 is 1.36 bits per heavy atom. The standard InChI is InChI=1S/C22H25N3O3/c1-27-19-6-2-5-18(12-19)21-22-17(7-9-23-21)8-10-25(22)14-20(26)24-13-16-4-3-11-28-15-16/h2,5-10,12,16H,3-4,11,13-15H2,1H3,(H,24,26)/t16-/m1/s1. The van der Waals surface area contributed by atoms with Gasteiger partial charge < -0.3 is 19.4 Å². The second kappa shape index (κ2) is 8.44. The van der Waals surface area contributed by atoms with E-state index in [1.807, 2.05) is 47.2 Å². The molecule has 0 saturated carbocycles. The van der Waals surface area contributed by atoms with Gasteiger partial charge in [-0.1, -0.05) is 12.1 Å². The number of ether oxygens (including phenoxy) is 2. The highest BCUT2D eigenvalue weighted by atomic mass is 16.5. The minimum absolute atomic E-state index is 0.00326. The number of amides is 1. The molecule has 1 saturated heterocycles. The van der Waals surface area contributed by atoms with E-state index in [-0.39, 0.29) is 12.5 Å². The normalized spacial score (nSPS) is 16.8. The molecule has 1 aromatic carbocycles. The molecule has 1 aliphatic heterocycles. The fourth-order valence-corrected chi connectivity index (χ4v) is 3.70. The minimum Gasteiger partial charge on any atom is -0.497 e. The van der Waals surface area contributed by atoms with Crippen molar-refractivity contribution in [3.05, 3.63) is 48.8 Å². The molecule has 2 aromatic heterocycles. The smallest absolute Gasteiger partial charge is 0.239 e. The number of carbonyl (C=O) groups is 1. The van der Waals surface area contributed by atoms with E-state index in [0.717, 1.165) is 54.0 Å². The van der Waals surface area contributed by atoms with Crippen LogP contribution in [0.5, 0.6) is 5.75 Å². The third kappa shape index (κ3) is 4.02. The van der Waals surface area contributed by atoms with Crippen LogP contribution in [0.15, 0.2) is 48.8 Å². The summed E-state index contributed by atoms with van der Waals surface area (Å²) in [6.45, 7) is 2.50. The first kappa shape index (κ1) is 18.5. The van der Waals surface area contributed by atoms with Crippen molar-refractivity contribution in [2.45, 2.75) is 19.4 Å². The molecule has 0 bridgehead atoms. The first-order chi connectivity index (χ1) is 13.7. The highest BCUT2D eigenvalue weighted by molar-refractivity contribution is 5.93. The number of pyridine rings is 1. The fraction of sp³-hybridized carbons (Fsp3) is 0.364. The van der Waals surface area contributed by atoms with E-state index in [1.54, 1.807) is 13.3 Å². The topological polar surface area (TPSA) is 65.4 Å². The summed E-state index contributed by atoms with van der Waals surface area (Å²) in [5, 5.41) is 4.11. The number of carbonyl (C=O) groups excluding carboxylic acids is 1. The van der Waals surface area contributed by atoms with Gasteiger partial charge >= 0.3 is 0 Å². The zero-order chi connectivity index (χ0) is 19.3. The van der Waals surface area contributed by atoms with E-state index in [2.05, 4.69) is 10.3 Å². The predicted octanol–water partition coefficient (Wildman–Crippen LogP) is 3.25. The van der Waals surface area contributed by atoms with Crippen molar-refractivity contribution < 1.29 is 14.3 Å². The van der Waals surface area contributed by atoms with E-state index in [4.69, 9.17) is 9.47 Å². The Morgan fingerprint density at radius 3 is 3.11 bits per heavy atom. The molecule has 6 heteroatoms. The van der Waals surface area contributed by atoms with Gasteiger partial charge in [-0.15, -0.1) is 0 Å². The van der Waals surface area contributed by atoms with E-state index in [0.29, 0.717) is 12.5 Å². The maximum atomic E-state index is 12.5. The van der Waals surface area contributed by atoms with Gasteiger partial charge in [0.1, 0.15) is 12.3 Å². The summed E-state index contributed by atoms with van der Waals surface area (Å²) >= 11 is 0. The molecule has 1 aliphatic rings. The molecule has 0 spiro atoms. The number of hydrogen-bond donors (Lipinski definition) is 1. The van der Waals surface area contributed by atoms with Crippen molar-refractivity contribution in [1.29, 1.82) is 0 Å². The summed E-state index contributed by atoms with van der Waals surface area (Å²) in [5.41, 5.74) is 2.76. The van der Waals surface area contributed by atoms with E-state index in [1.165, 1.54) is 0 Å². The molecule has 4 rings (SSSR count). The zero-order valence-electron chi connectivity index (χ0n) is 16.1. The molecule has 28 heavy (non-hydrogen) atoms. The summed E-state index contributed by atoms with van der Waals surface area (Å²) in [5.74, 6) is 1.19. The lowest BCUT2D eigenvalue weighted by Crippen LogP contribution is -2.35. The number of benzene rings is 1. The number of nitrogens with zero attached hydrogens (tertiary/aromatic N) is 2. The van der Waals surface area contributed by atoms with Gasteiger partial charge in [-0.2, -0.15) is 0 Å². The molecule has 3 aromatic rings. The number of aromatic nitrogens is 2. The third-order valence-electron chi connectivity index (χ3n) is 5.18. The van der Waals surface area contributed by atoms with E-state index < -0.39 is 0 Å². The number of hydrogen-bond acceptors (Lipinski definition) is 4. The zero-order valence-corrected chi connectivity index (χ0v) is 16.1. The number of methoxy groups -OCH3 is 1. The Balaban J connectivity index is 1.55. The summed E-state index contributed by atoms with van der Waals surface area (Å²) in [6, 6.07) is 11.8. The van der Waals surface area contributed by atoms with Crippen LogP contribution in [0, 0.1) is 5.92 Å². The van der Waals surface area contributed by atoms with Crippen molar-refractivity contribution in [1.82, 2.24) is 14.9 Å². The molecular weight excluding hydrogens is 354 g/mol. The lowest BCUT2D eigenvalue weighted by Gasteiger charge is -2.22. The van der Waals surface area contributed by atoms with Crippen LogP contribution in [-0.4, -0.2) is 42.3 Å². The monoisotopic (exact) mass is 379 g/mol. The number of fused-ring (bicyclic) bond motifs is 1. The van der Waals surface area contributed by atoms with Crippen molar-refractivity contribution in [2.75, 3.05) is 26.9 Å². The van der Waals surface area contributed by atoms with Gasteiger partial charge in [0.2, 0.25) is 5.91 Å². The molecule has 0 radical (unpaired) electrons. The van der Waals surface area contributed by atoms with Gasteiger partial charge in [-0.25, -0.2) is 0 Å². The maximum absolute atomic E-state index is 12.5. The van der Waals surface area contributed by atoms with Crippen LogP contribution in [0.25, 0.3) is 22.2 Å². The van der Waals surface area contributed by atoms with Gasteiger partial charge in [-0.3, -0.25) is 9.78 Å². The summed E-state index contributed by atoms with van der Waals surface area (Å²) in [6.07, 6.45) is 5.92. The third-order valence-corrected chi connectivity index (χ3v) is 5.18. The van der Waals surface area contributed by atoms with Crippen LogP contribution in [-0.2, 0) is 16.1 Å². The average molecular weight is 379 g/mol. The highest BCUT2D eigenvalue weighted by Crippen LogP contribution is 2.29. The summed E-state index contributed by atoms with van der Waals surface area (Å²) in [7, 11) is 1.65. The maximum Gasteiger partial charge on any atom is 0.239 e. The van der Waals surface area contributed by atoms with Crippen LogP contribution in [0.4, 0.5) is 0 Å². The van der Waals surface area contributed by atoms with Crippen LogP contribution >= 0.6 is 0 Å². The molecule has 1 atom stereocenters. The summed E-state index contributed by atoms with van der Waals surface area (Å²) < 4.78 is 12.8. The fourth-order valence-electron chi connectivity index (χ4n) is 3.70. The van der Waals surface area contributed by atoms with Crippen LogP contribution in [0.2, 0.25) is 0 Å². The molecular formula is C22H25N3O3. The molecule has 146 valence electrons. The van der Waals surface area contributed by atoms with Crippen LogP contribution < -0.4 is 10.1 Å². The predicted molar refractivity (Wildman–Crippen MR) is 108 cm³/mol. The summed E-state index contributed by atoms with van der Waals surface area (Å²) in [4.78, 5) is 17.1. The van der Waals surface area contributed by atoms with Crippen molar-refractivity contribution in [3.8, 4) is 17.0 Å². The van der Waals surface area contributed by atoms with Crippen LogP contribution in [0.3, 0.4) is 0 Å². The first-order valence-electron chi connectivity index (χ1n) is 9.67. The number of nitrogens with one attached hydrogen (secondary N) is 1. The van der Waals surface area contributed by atoms with Gasteiger partial charge in [-0.05, 0) is 43.0 Å². The van der Waals surface area contributed by atoms with Gasteiger partial charge in [0.25, 0.3) is 0 Å². The molecule has 1 fully saturated rings. The van der Waals surface area contributed by atoms with Gasteiger partial charge in [0, 0.05) is 36.5 Å². The largest absolute Gasteiger partial charge is 0.497 e. The molecule has 0 aliphatic carbocycles. The molecule has 3 heterocycles. The Kier molecular flexibility index (Phi) is 5.58. The van der Waals surface area contributed by atoms with E-state index in [9.17, 15) is 4.79 Å². The lowest BCUT2D eigenvalue weighted by molar-refractivity contribution is -0.122. The van der Waals surface area contributed by atoms with Gasteiger partial charge in [0.15, 0.2) is 0 Å². The Labute approximate surface area is 164 Å². The number of rotatable bonds is 6. The molecule has 1 amide bonds.